The maximum Gasteiger partial charge on any atom is 0.163 e. The van der Waals surface area contributed by atoms with Crippen LogP contribution in [0.25, 0.3) is 6.08 Å². The second-order valence-electron chi connectivity index (χ2n) is 9.37. The van der Waals surface area contributed by atoms with E-state index < -0.39 is 0 Å². The number of aromatic nitrogens is 2. The molecule has 0 saturated heterocycles. The first kappa shape index (κ1) is 22.0. The Bertz CT molecular complexity index is 969. The molecule has 1 fully saturated rings. The van der Waals surface area contributed by atoms with Gasteiger partial charge in [0.1, 0.15) is 0 Å². The van der Waals surface area contributed by atoms with Crippen LogP contribution in [-0.2, 0) is 6.54 Å². The SMILES string of the molecule is CN/C=C\c1c(C=O)c(Nc2ccc3c(c2)CN(C(C)(C)C)S3)nn1C1CCCCC1. The molecule has 166 valence electrons. The molecule has 2 aliphatic rings. The summed E-state index contributed by atoms with van der Waals surface area (Å²) < 4.78 is 4.46. The summed E-state index contributed by atoms with van der Waals surface area (Å²) in [5, 5.41) is 11.4. The van der Waals surface area contributed by atoms with Crippen LogP contribution in [0.15, 0.2) is 29.3 Å². The molecule has 1 aromatic heterocycles. The first-order valence-electron chi connectivity index (χ1n) is 11.2. The molecule has 0 amide bonds. The van der Waals surface area contributed by atoms with Gasteiger partial charge in [0.25, 0.3) is 0 Å². The quantitative estimate of drug-likeness (QED) is 0.441. The predicted molar refractivity (Wildman–Crippen MR) is 129 cm³/mol. The zero-order valence-corrected chi connectivity index (χ0v) is 19.8. The lowest BCUT2D eigenvalue weighted by Gasteiger charge is -2.29. The zero-order valence-electron chi connectivity index (χ0n) is 18.9. The van der Waals surface area contributed by atoms with E-state index in [0.29, 0.717) is 17.4 Å². The minimum atomic E-state index is 0.106. The number of carbonyl (C=O) groups is 1. The number of hydrogen-bond acceptors (Lipinski definition) is 6. The van der Waals surface area contributed by atoms with Crippen LogP contribution < -0.4 is 10.6 Å². The van der Waals surface area contributed by atoms with Crippen molar-refractivity contribution in [1.82, 2.24) is 19.4 Å². The van der Waals surface area contributed by atoms with E-state index >= 15 is 0 Å². The highest BCUT2D eigenvalue weighted by Crippen LogP contribution is 2.42. The Morgan fingerprint density at radius 1 is 1.19 bits per heavy atom. The molecule has 6 nitrogen and oxygen atoms in total. The molecule has 4 rings (SSSR count). The van der Waals surface area contributed by atoms with Crippen LogP contribution in [0.1, 0.15) is 80.5 Å². The van der Waals surface area contributed by atoms with E-state index in [1.807, 2.05) is 31.3 Å². The van der Waals surface area contributed by atoms with E-state index in [2.05, 4.69) is 58.6 Å². The molecule has 2 aromatic rings. The van der Waals surface area contributed by atoms with Crippen LogP contribution in [0.2, 0.25) is 0 Å². The van der Waals surface area contributed by atoms with Gasteiger partial charge in [-0.25, -0.2) is 4.31 Å². The van der Waals surface area contributed by atoms with Gasteiger partial charge >= 0.3 is 0 Å². The van der Waals surface area contributed by atoms with Crippen molar-refractivity contribution in [2.45, 2.75) is 75.9 Å². The Kier molecular flexibility index (Phi) is 6.44. The highest BCUT2D eigenvalue weighted by Gasteiger charge is 2.29. The van der Waals surface area contributed by atoms with E-state index in [0.717, 1.165) is 37.1 Å². The second-order valence-corrected chi connectivity index (χ2v) is 10.4. The zero-order chi connectivity index (χ0) is 22.0. The Morgan fingerprint density at radius 2 is 1.97 bits per heavy atom. The van der Waals surface area contributed by atoms with Crippen molar-refractivity contribution in [3.8, 4) is 0 Å². The van der Waals surface area contributed by atoms with Crippen molar-refractivity contribution in [1.29, 1.82) is 0 Å². The van der Waals surface area contributed by atoms with E-state index in [9.17, 15) is 4.79 Å². The van der Waals surface area contributed by atoms with Gasteiger partial charge < -0.3 is 10.6 Å². The van der Waals surface area contributed by atoms with Crippen LogP contribution in [0, 0.1) is 0 Å². The van der Waals surface area contributed by atoms with Gasteiger partial charge in [0, 0.05) is 29.7 Å². The molecule has 2 N–H and O–H groups in total. The molecule has 0 radical (unpaired) electrons. The summed E-state index contributed by atoms with van der Waals surface area (Å²) in [7, 11) is 1.86. The van der Waals surface area contributed by atoms with Crippen molar-refractivity contribution in [3.05, 3.63) is 41.2 Å². The molecule has 0 atom stereocenters. The van der Waals surface area contributed by atoms with Crippen LogP contribution in [0.4, 0.5) is 11.5 Å². The fraction of sp³-hybridized carbons (Fsp3) is 0.500. The number of carbonyl (C=O) groups excluding carboxylic acids is 1. The van der Waals surface area contributed by atoms with E-state index in [1.165, 1.54) is 29.7 Å². The maximum atomic E-state index is 12.1. The summed E-state index contributed by atoms with van der Waals surface area (Å²) in [4.78, 5) is 13.4. The van der Waals surface area contributed by atoms with E-state index in [-0.39, 0.29) is 5.54 Å². The molecule has 0 bridgehead atoms. The fourth-order valence-corrected chi connectivity index (χ4v) is 5.37. The van der Waals surface area contributed by atoms with Gasteiger partial charge in [-0.2, -0.15) is 5.10 Å². The van der Waals surface area contributed by atoms with Crippen molar-refractivity contribution in [2.24, 2.45) is 0 Å². The van der Waals surface area contributed by atoms with Gasteiger partial charge in [0.2, 0.25) is 0 Å². The molecular formula is C24H33N5OS. The lowest BCUT2D eigenvalue weighted by molar-refractivity contribution is 0.112. The second kappa shape index (κ2) is 9.09. The van der Waals surface area contributed by atoms with Gasteiger partial charge in [0.15, 0.2) is 12.1 Å². The molecule has 1 aliphatic carbocycles. The lowest BCUT2D eigenvalue weighted by Crippen LogP contribution is -2.32. The summed E-state index contributed by atoms with van der Waals surface area (Å²) in [6.45, 7) is 7.62. The van der Waals surface area contributed by atoms with E-state index in [4.69, 9.17) is 5.10 Å². The first-order valence-corrected chi connectivity index (χ1v) is 11.9. The van der Waals surface area contributed by atoms with Crippen LogP contribution in [0.3, 0.4) is 0 Å². The molecule has 7 heteroatoms. The monoisotopic (exact) mass is 439 g/mol. The highest BCUT2D eigenvalue weighted by atomic mass is 32.2. The largest absolute Gasteiger partial charge is 0.394 e. The van der Waals surface area contributed by atoms with Gasteiger partial charge in [-0.15, -0.1) is 0 Å². The Labute approximate surface area is 189 Å². The van der Waals surface area contributed by atoms with Crippen molar-refractivity contribution in [3.63, 3.8) is 0 Å². The Morgan fingerprint density at radius 3 is 2.65 bits per heavy atom. The molecular weight excluding hydrogens is 406 g/mol. The van der Waals surface area contributed by atoms with Gasteiger partial charge in [-0.1, -0.05) is 19.3 Å². The maximum absolute atomic E-state index is 12.1. The standard InChI is InChI=1S/C24H33N5OS/c1-24(2,3)28-15-17-14-18(10-11-22(17)31-28)26-23-20(16-30)21(12-13-25-4)29(27-23)19-8-6-5-7-9-19/h10-14,16,19,25H,5-9,15H2,1-4H3,(H,26,27)/b13-12-. The Balaban J connectivity index is 1.64. The van der Waals surface area contributed by atoms with Crippen LogP contribution in [-0.4, -0.2) is 33.0 Å². The third-order valence-corrected chi connectivity index (χ3v) is 7.52. The summed E-state index contributed by atoms with van der Waals surface area (Å²) in [5.41, 5.74) is 3.86. The third-order valence-electron chi connectivity index (χ3n) is 6.03. The minimum Gasteiger partial charge on any atom is -0.394 e. The van der Waals surface area contributed by atoms with Gasteiger partial charge in [0.05, 0.1) is 17.3 Å². The van der Waals surface area contributed by atoms with Gasteiger partial charge in [-0.3, -0.25) is 9.48 Å². The first-order chi connectivity index (χ1) is 14.9. The number of nitrogens with one attached hydrogen (secondary N) is 2. The fourth-order valence-electron chi connectivity index (χ4n) is 4.29. The third kappa shape index (κ3) is 4.67. The van der Waals surface area contributed by atoms with Crippen LogP contribution >= 0.6 is 11.9 Å². The van der Waals surface area contributed by atoms with Crippen LogP contribution in [0.5, 0.6) is 0 Å². The van der Waals surface area contributed by atoms with Crippen molar-refractivity contribution < 1.29 is 4.79 Å². The predicted octanol–water partition coefficient (Wildman–Crippen LogP) is 5.76. The smallest absolute Gasteiger partial charge is 0.163 e. The number of hydrogen-bond donors (Lipinski definition) is 2. The molecule has 0 spiro atoms. The highest BCUT2D eigenvalue weighted by molar-refractivity contribution is 7.97. The number of fused-ring (bicyclic) bond motifs is 1. The summed E-state index contributed by atoms with van der Waals surface area (Å²) >= 11 is 1.81. The summed E-state index contributed by atoms with van der Waals surface area (Å²) in [5.74, 6) is 0.634. The number of rotatable bonds is 6. The number of anilines is 2. The summed E-state index contributed by atoms with van der Waals surface area (Å²) in [6.07, 6.45) is 10.7. The number of aldehydes is 1. The summed E-state index contributed by atoms with van der Waals surface area (Å²) in [6, 6.07) is 6.77. The molecule has 1 aromatic carbocycles. The molecule has 1 aliphatic heterocycles. The molecule has 0 unspecified atom stereocenters. The minimum absolute atomic E-state index is 0.106. The van der Waals surface area contributed by atoms with E-state index in [1.54, 1.807) is 0 Å². The van der Waals surface area contributed by atoms with Gasteiger partial charge in [-0.05, 0) is 81.6 Å². The van der Waals surface area contributed by atoms with Crippen molar-refractivity contribution in [2.75, 3.05) is 12.4 Å². The lowest BCUT2D eigenvalue weighted by atomic mass is 9.95. The number of nitrogens with zero attached hydrogens (tertiary/aromatic N) is 3. The molecule has 1 saturated carbocycles. The number of benzene rings is 1. The Hall–Kier alpha value is -2.25. The topological polar surface area (TPSA) is 62.2 Å². The average molecular weight is 440 g/mol. The average Bonchev–Trinajstić information content (AvgIpc) is 3.33. The normalized spacial score (nSPS) is 17.8. The van der Waals surface area contributed by atoms with Crippen molar-refractivity contribution >= 4 is 35.8 Å². The molecule has 31 heavy (non-hydrogen) atoms. The molecule has 2 heterocycles.